The van der Waals surface area contributed by atoms with E-state index in [0.717, 1.165) is 22.3 Å². The van der Waals surface area contributed by atoms with Crippen LogP contribution in [0, 0.1) is 12.7 Å². The summed E-state index contributed by atoms with van der Waals surface area (Å²) in [7, 11) is 0. The predicted molar refractivity (Wildman–Crippen MR) is 125 cm³/mol. The fourth-order valence-electron chi connectivity index (χ4n) is 3.50. The zero-order valence-electron chi connectivity index (χ0n) is 18.0. The van der Waals surface area contributed by atoms with Crippen LogP contribution in [-0.4, -0.2) is 15.4 Å². The van der Waals surface area contributed by atoms with Gasteiger partial charge in [-0.25, -0.2) is 8.91 Å². The number of fused-ring (bicyclic) bond motifs is 1. The van der Waals surface area contributed by atoms with Gasteiger partial charge >= 0.3 is 0 Å². The van der Waals surface area contributed by atoms with Crippen LogP contribution in [0.3, 0.4) is 0 Å². The van der Waals surface area contributed by atoms with Crippen molar-refractivity contribution in [2.24, 2.45) is 0 Å². The minimum absolute atomic E-state index is 0.245. The molecular formula is C26H26ClFN2O. The van der Waals surface area contributed by atoms with E-state index in [4.69, 9.17) is 11.6 Å². The fraction of sp³-hybridized carbons (Fsp3) is 0.231. The predicted octanol–water partition coefficient (Wildman–Crippen LogP) is 7.26. The van der Waals surface area contributed by atoms with E-state index in [0.29, 0.717) is 29.6 Å². The minimum atomic E-state index is -0.245. The van der Waals surface area contributed by atoms with Crippen molar-refractivity contribution in [3.63, 3.8) is 0 Å². The molecule has 1 unspecified atom stereocenters. The number of aryl methyl sites for hydroxylation is 1. The van der Waals surface area contributed by atoms with Gasteiger partial charge in [-0.3, -0.25) is 4.79 Å². The van der Waals surface area contributed by atoms with Gasteiger partial charge in [0.05, 0.1) is 11.2 Å². The van der Waals surface area contributed by atoms with Crippen molar-refractivity contribution >= 4 is 22.9 Å². The normalized spacial score (nSPS) is 11.6. The molecule has 5 heteroatoms. The number of carbonyl (C=O) groups is 1. The second kappa shape index (κ2) is 10.4. The largest absolute Gasteiger partial charge is 0.300 e. The summed E-state index contributed by atoms with van der Waals surface area (Å²) < 4.78 is 14.7. The fourth-order valence-corrected chi connectivity index (χ4v) is 3.66. The summed E-state index contributed by atoms with van der Waals surface area (Å²) in [5.74, 6) is 0.455. The first-order valence-corrected chi connectivity index (χ1v) is 10.7. The molecule has 0 aliphatic heterocycles. The van der Waals surface area contributed by atoms with Crippen molar-refractivity contribution in [3.8, 4) is 11.1 Å². The van der Waals surface area contributed by atoms with Crippen LogP contribution < -0.4 is 0 Å². The van der Waals surface area contributed by atoms with Gasteiger partial charge in [0.2, 0.25) is 0 Å². The number of ketones is 1. The summed E-state index contributed by atoms with van der Waals surface area (Å²) in [5.41, 5.74) is 4.99. The van der Waals surface area contributed by atoms with Crippen LogP contribution in [0.4, 0.5) is 4.39 Å². The van der Waals surface area contributed by atoms with E-state index in [1.807, 2.05) is 44.3 Å². The number of Topliss-reactive ketones (excluding diaryl/α,β-unsaturated/α-hetero) is 1. The molecule has 0 saturated heterocycles. The Morgan fingerprint density at radius 3 is 2.42 bits per heavy atom. The molecule has 0 bridgehead atoms. The summed E-state index contributed by atoms with van der Waals surface area (Å²) >= 11 is 6.01. The number of hydrogen-bond donors (Lipinski definition) is 0. The Morgan fingerprint density at radius 2 is 1.77 bits per heavy atom. The average Bonchev–Trinajstić information content (AvgIpc) is 3.10. The Balaban J connectivity index is 0.000000187. The molecule has 0 amide bonds. The molecule has 0 radical (unpaired) electrons. The van der Waals surface area contributed by atoms with Gasteiger partial charge in [-0.1, -0.05) is 67.9 Å². The highest BCUT2D eigenvalue weighted by Crippen LogP contribution is 2.29. The maximum absolute atomic E-state index is 13.0. The lowest BCUT2D eigenvalue weighted by atomic mass is 9.95. The standard InChI is InChI=1S/C14H10ClFN2.C12H16O/c1-9-14(10-2-4-12(16)5-3-10)13-8-11(15)6-7-18(13)17-9;1-3-12(13)9-10(2)11-7-5-4-6-8-11/h2-8H,1H3;4-8,10H,3,9H2,1-2H3. The molecule has 31 heavy (non-hydrogen) atoms. The van der Waals surface area contributed by atoms with Gasteiger partial charge in [-0.15, -0.1) is 0 Å². The van der Waals surface area contributed by atoms with Crippen LogP contribution in [0.25, 0.3) is 16.6 Å². The van der Waals surface area contributed by atoms with E-state index < -0.39 is 0 Å². The highest BCUT2D eigenvalue weighted by molar-refractivity contribution is 6.31. The zero-order chi connectivity index (χ0) is 22.4. The maximum Gasteiger partial charge on any atom is 0.133 e. The van der Waals surface area contributed by atoms with E-state index >= 15 is 0 Å². The lowest BCUT2D eigenvalue weighted by molar-refractivity contribution is -0.119. The first-order chi connectivity index (χ1) is 14.9. The lowest BCUT2D eigenvalue weighted by Gasteiger charge is -2.09. The number of nitrogens with zero attached hydrogens (tertiary/aromatic N) is 2. The Kier molecular flexibility index (Phi) is 7.59. The number of halogens is 2. The van der Waals surface area contributed by atoms with E-state index in [1.165, 1.54) is 17.7 Å². The van der Waals surface area contributed by atoms with E-state index in [1.54, 1.807) is 22.7 Å². The average molecular weight is 437 g/mol. The topological polar surface area (TPSA) is 34.4 Å². The molecular weight excluding hydrogens is 411 g/mol. The lowest BCUT2D eigenvalue weighted by Crippen LogP contribution is -2.02. The third kappa shape index (κ3) is 5.80. The van der Waals surface area contributed by atoms with Gasteiger partial charge in [0.1, 0.15) is 11.6 Å². The molecule has 0 aliphatic rings. The van der Waals surface area contributed by atoms with Crippen molar-refractivity contribution < 1.29 is 9.18 Å². The smallest absolute Gasteiger partial charge is 0.133 e. The van der Waals surface area contributed by atoms with Crippen molar-refractivity contribution in [2.75, 3.05) is 0 Å². The highest BCUT2D eigenvalue weighted by Gasteiger charge is 2.12. The van der Waals surface area contributed by atoms with Gasteiger partial charge in [0, 0.05) is 29.6 Å². The number of aromatic nitrogens is 2. The summed E-state index contributed by atoms with van der Waals surface area (Å²) in [6.45, 7) is 5.95. The van der Waals surface area contributed by atoms with Gasteiger partial charge in [0.15, 0.2) is 0 Å². The summed E-state index contributed by atoms with van der Waals surface area (Å²) in [6, 6.07) is 20.2. The van der Waals surface area contributed by atoms with Gasteiger partial charge in [0.25, 0.3) is 0 Å². The van der Waals surface area contributed by atoms with Gasteiger partial charge in [-0.05, 0) is 48.2 Å². The van der Waals surface area contributed by atoms with Crippen LogP contribution in [0.5, 0.6) is 0 Å². The first-order valence-electron chi connectivity index (χ1n) is 10.4. The molecule has 0 saturated carbocycles. The Bertz CT molecular complexity index is 1150. The van der Waals surface area contributed by atoms with Crippen molar-refractivity contribution in [1.82, 2.24) is 9.61 Å². The van der Waals surface area contributed by atoms with Gasteiger partial charge < -0.3 is 0 Å². The van der Waals surface area contributed by atoms with Crippen molar-refractivity contribution in [3.05, 3.63) is 95.0 Å². The van der Waals surface area contributed by atoms with E-state index in [-0.39, 0.29) is 5.82 Å². The molecule has 160 valence electrons. The molecule has 4 aromatic rings. The molecule has 2 heterocycles. The maximum atomic E-state index is 13.0. The molecule has 4 rings (SSSR count). The quantitative estimate of drug-likeness (QED) is 0.330. The number of hydrogen-bond acceptors (Lipinski definition) is 2. The second-order valence-corrected chi connectivity index (χ2v) is 7.99. The van der Waals surface area contributed by atoms with Gasteiger partial charge in [-0.2, -0.15) is 5.10 Å². The minimum Gasteiger partial charge on any atom is -0.300 e. The van der Waals surface area contributed by atoms with Crippen LogP contribution in [0.2, 0.25) is 5.02 Å². The Labute approximate surface area is 187 Å². The first kappa shape index (κ1) is 22.7. The molecule has 0 aliphatic carbocycles. The molecule has 0 spiro atoms. The van der Waals surface area contributed by atoms with Crippen LogP contribution in [0.15, 0.2) is 72.9 Å². The third-order valence-electron chi connectivity index (χ3n) is 5.20. The number of carbonyl (C=O) groups excluding carboxylic acids is 1. The SMILES string of the molecule is CCC(=O)CC(C)c1ccccc1.Cc1nn2ccc(Cl)cc2c1-c1ccc(F)cc1. The third-order valence-corrected chi connectivity index (χ3v) is 5.44. The van der Waals surface area contributed by atoms with Crippen molar-refractivity contribution in [1.29, 1.82) is 0 Å². The highest BCUT2D eigenvalue weighted by atomic mass is 35.5. The Hall–Kier alpha value is -2.98. The second-order valence-electron chi connectivity index (χ2n) is 7.55. The Morgan fingerprint density at radius 1 is 1.10 bits per heavy atom. The molecule has 3 nitrogen and oxygen atoms in total. The summed E-state index contributed by atoms with van der Waals surface area (Å²) in [6.07, 6.45) is 3.13. The molecule has 2 aromatic heterocycles. The summed E-state index contributed by atoms with van der Waals surface area (Å²) in [5, 5.41) is 5.08. The monoisotopic (exact) mass is 436 g/mol. The number of pyridine rings is 1. The number of benzene rings is 2. The molecule has 0 fully saturated rings. The zero-order valence-corrected chi connectivity index (χ0v) is 18.7. The summed E-state index contributed by atoms with van der Waals surface area (Å²) in [4.78, 5) is 11.2. The molecule has 1 atom stereocenters. The van der Waals surface area contributed by atoms with E-state index in [2.05, 4.69) is 24.2 Å². The molecule has 2 aromatic carbocycles. The van der Waals surface area contributed by atoms with E-state index in [9.17, 15) is 9.18 Å². The van der Waals surface area contributed by atoms with Crippen LogP contribution >= 0.6 is 11.6 Å². The van der Waals surface area contributed by atoms with Crippen molar-refractivity contribution in [2.45, 2.75) is 39.5 Å². The van der Waals surface area contributed by atoms with Crippen LogP contribution in [0.1, 0.15) is 43.9 Å². The van der Waals surface area contributed by atoms with Crippen LogP contribution in [-0.2, 0) is 4.79 Å². The molecule has 0 N–H and O–H groups in total. The number of rotatable bonds is 5.